The molecular weight excluding hydrogens is 499 g/mol. The van der Waals surface area contributed by atoms with E-state index in [1.165, 1.54) is 0 Å². The van der Waals surface area contributed by atoms with Crippen LogP contribution in [0.25, 0.3) is 0 Å². The van der Waals surface area contributed by atoms with Crippen LogP contribution < -0.4 is 103 Å². The third-order valence-corrected chi connectivity index (χ3v) is 5.28. The molecule has 0 aliphatic carbocycles. The number of likely N-dealkylation sites (tertiary alicyclic amines) is 2. The van der Waals surface area contributed by atoms with Gasteiger partial charge in [0.1, 0.15) is 5.78 Å². The fourth-order valence-electron chi connectivity index (χ4n) is 3.74. The number of carbonyl (C=O) groups excluding carboxylic acids is 2. The molecule has 204 valence electrons. The third-order valence-electron chi connectivity index (χ3n) is 5.28. The molecule has 2 fully saturated rings. The van der Waals surface area contributed by atoms with Gasteiger partial charge in [0.15, 0.2) is 0 Å². The standard InChI is InChI=1S/2C11H20NO.2C2H6.2C2H3.2K/c2*1-8(2)11(13)10-6-5-7-12(10)9(3)4;4*1-2;;/h8-9H,5-7H2,1-4H3;5,8-10H,6-7H2,1-4H3;2*1-2H3;2*1H,2H2;;/q2*-1;;;2*-1;2*+1. The smallest absolute Gasteiger partial charge is 0.521 e. The van der Waals surface area contributed by atoms with Crippen molar-refractivity contribution in [3.05, 3.63) is 38.8 Å². The van der Waals surface area contributed by atoms with Crippen LogP contribution in [0, 0.1) is 37.5 Å². The van der Waals surface area contributed by atoms with Crippen LogP contribution in [-0.4, -0.2) is 52.6 Å². The Morgan fingerprint density at radius 2 is 1.28 bits per heavy atom. The zero-order valence-corrected chi connectivity index (χ0v) is 33.0. The molecule has 2 saturated heterocycles. The molecule has 36 heavy (non-hydrogen) atoms. The van der Waals surface area contributed by atoms with E-state index in [1.54, 1.807) is 0 Å². The molecule has 0 radical (unpaired) electrons. The van der Waals surface area contributed by atoms with Gasteiger partial charge in [-0.05, 0) is 32.4 Å². The predicted octanol–water partition coefficient (Wildman–Crippen LogP) is 1.42. The largest absolute Gasteiger partial charge is 1.00 e. The van der Waals surface area contributed by atoms with Crippen molar-refractivity contribution in [1.29, 1.82) is 0 Å². The summed E-state index contributed by atoms with van der Waals surface area (Å²) in [5, 5.41) is 0. The second kappa shape index (κ2) is 33.1. The van der Waals surface area contributed by atoms with E-state index >= 15 is 0 Å². The van der Waals surface area contributed by atoms with Crippen molar-refractivity contribution in [1.82, 2.24) is 9.80 Å². The molecule has 1 unspecified atom stereocenters. The maximum absolute atomic E-state index is 11.8. The summed E-state index contributed by atoms with van der Waals surface area (Å²) in [6, 6.07) is 2.16. The van der Waals surface area contributed by atoms with E-state index in [4.69, 9.17) is 0 Å². The molecule has 0 spiro atoms. The Kier molecular flexibility index (Phi) is 46.6. The summed E-state index contributed by atoms with van der Waals surface area (Å²) in [7, 11) is 0. The maximum atomic E-state index is 11.8. The summed E-state index contributed by atoms with van der Waals surface area (Å²) in [5.41, 5.74) is 0. The fraction of sp³-hybridized carbons (Fsp3) is 0.733. The van der Waals surface area contributed by atoms with Gasteiger partial charge in [-0.1, -0.05) is 75.7 Å². The molecule has 2 heterocycles. The number of nitrogens with zero attached hydrogens (tertiary/aromatic N) is 2. The van der Waals surface area contributed by atoms with Crippen LogP contribution in [0.15, 0.2) is 13.2 Å². The van der Waals surface area contributed by atoms with Crippen molar-refractivity contribution in [2.45, 2.75) is 120 Å². The minimum absolute atomic E-state index is 0. The van der Waals surface area contributed by atoms with E-state index in [0.29, 0.717) is 23.7 Å². The van der Waals surface area contributed by atoms with Gasteiger partial charge in [-0.15, -0.1) is 13.0 Å². The molecule has 0 aromatic heterocycles. The van der Waals surface area contributed by atoms with Gasteiger partial charge in [0, 0.05) is 23.8 Å². The molecule has 0 N–H and O–H groups in total. The maximum Gasteiger partial charge on any atom is 1.00 e. The van der Waals surface area contributed by atoms with Crippen molar-refractivity contribution in [3.8, 4) is 0 Å². The van der Waals surface area contributed by atoms with Crippen LogP contribution in [0.1, 0.15) is 102 Å². The zero-order chi connectivity index (χ0) is 28.0. The van der Waals surface area contributed by atoms with Gasteiger partial charge < -0.3 is 34.2 Å². The van der Waals surface area contributed by atoms with Crippen molar-refractivity contribution < 1.29 is 112 Å². The first-order valence-corrected chi connectivity index (χ1v) is 13.2. The van der Waals surface area contributed by atoms with E-state index < -0.39 is 0 Å². The van der Waals surface area contributed by atoms with E-state index in [1.807, 2.05) is 55.4 Å². The summed E-state index contributed by atoms with van der Waals surface area (Å²) in [5.74, 6) is 1.04. The van der Waals surface area contributed by atoms with E-state index in [9.17, 15) is 9.59 Å². The third kappa shape index (κ3) is 20.7. The number of hydrogen-bond donors (Lipinski definition) is 0. The number of rotatable bonds is 6. The second-order valence-corrected chi connectivity index (χ2v) is 8.74. The van der Waals surface area contributed by atoms with Gasteiger partial charge in [0.05, 0.1) is 0 Å². The van der Waals surface area contributed by atoms with Crippen molar-refractivity contribution in [2.75, 3.05) is 13.1 Å². The first-order chi connectivity index (χ1) is 16.1. The van der Waals surface area contributed by atoms with Crippen LogP contribution in [0.4, 0.5) is 0 Å². The summed E-state index contributed by atoms with van der Waals surface area (Å²) >= 11 is 0. The van der Waals surface area contributed by atoms with Crippen molar-refractivity contribution in [3.63, 3.8) is 0 Å². The van der Waals surface area contributed by atoms with Crippen LogP contribution in [0.2, 0.25) is 0 Å². The molecule has 0 bridgehead atoms. The Labute approximate surface area is 313 Å². The van der Waals surface area contributed by atoms with Gasteiger partial charge in [-0.25, -0.2) is 6.04 Å². The second-order valence-electron chi connectivity index (χ2n) is 8.74. The predicted molar refractivity (Wildman–Crippen MR) is 151 cm³/mol. The zero-order valence-electron chi connectivity index (χ0n) is 26.8. The summed E-state index contributed by atoms with van der Waals surface area (Å²) in [6.07, 6.45) is 5.28. The minimum atomic E-state index is 0. The molecule has 2 aliphatic heterocycles. The van der Waals surface area contributed by atoms with Crippen molar-refractivity contribution in [2.24, 2.45) is 11.8 Å². The molecule has 0 amide bonds. The SMILES string of the molecule is CC.CC.CC(C)C(=O)C1C[CH-]CN1C(C)C.CC(C)C(=O)[C-]1CCCN1C(C)C.[CH-]=C.[CH-]=C.[K+].[K+]. The van der Waals surface area contributed by atoms with Gasteiger partial charge in [-0.3, -0.25) is 18.0 Å². The van der Waals surface area contributed by atoms with Gasteiger partial charge in [-0.2, -0.15) is 6.42 Å². The minimum Gasteiger partial charge on any atom is -0.521 e. The average Bonchev–Trinajstić information content (AvgIpc) is 3.54. The number of Topliss-reactive ketones (excluding diaryl/α,β-unsaturated/α-hetero) is 2. The quantitative estimate of drug-likeness (QED) is 0.367. The molecule has 2 aliphatic rings. The Morgan fingerprint density at radius 3 is 1.61 bits per heavy atom. The molecule has 0 aromatic rings. The van der Waals surface area contributed by atoms with Gasteiger partial charge in [0.2, 0.25) is 0 Å². The molecule has 2 rings (SSSR count). The Balaban J connectivity index is -0.0000000936. The van der Waals surface area contributed by atoms with E-state index in [2.05, 4.69) is 70.2 Å². The van der Waals surface area contributed by atoms with Crippen LogP contribution in [0.3, 0.4) is 0 Å². The Morgan fingerprint density at radius 1 is 0.833 bits per heavy atom. The molecule has 1 atom stereocenters. The Bertz CT molecular complexity index is 453. The molecule has 6 heteroatoms. The molecule has 0 aromatic carbocycles. The topological polar surface area (TPSA) is 40.6 Å². The number of carbonyl (C=O) groups is 2. The van der Waals surface area contributed by atoms with Crippen LogP contribution >= 0.6 is 0 Å². The van der Waals surface area contributed by atoms with Crippen LogP contribution in [0.5, 0.6) is 0 Å². The molecular formula is C30H58K2N2O2-2. The monoisotopic (exact) mass is 556 g/mol. The van der Waals surface area contributed by atoms with Gasteiger partial charge >= 0.3 is 103 Å². The summed E-state index contributed by atoms with van der Waals surface area (Å²) in [4.78, 5) is 28.1. The number of ketones is 2. The molecule has 4 nitrogen and oxygen atoms in total. The first kappa shape index (κ1) is 50.7. The van der Waals surface area contributed by atoms with E-state index in [-0.39, 0.29) is 121 Å². The average molecular weight is 557 g/mol. The van der Waals surface area contributed by atoms with Crippen molar-refractivity contribution >= 4 is 11.6 Å². The Hall–Kier alpha value is 1.88. The summed E-state index contributed by atoms with van der Waals surface area (Å²) in [6.45, 7) is 40.6. The molecule has 0 saturated carbocycles. The van der Waals surface area contributed by atoms with E-state index in [0.717, 1.165) is 38.4 Å². The normalized spacial score (nSPS) is 16.3. The van der Waals surface area contributed by atoms with Crippen LogP contribution in [-0.2, 0) is 9.59 Å². The fourth-order valence-corrected chi connectivity index (χ4v) is 3.74. The first-order valence-electron chi connectivity index (χ1n) is 13.2. The van der Waals surface area contributed by atoms with Gasteiger partial charge in [0.25, 0.3) is 0 Å². The summed E-state index contributed by atoms with van der Waals surface area (Å²) < 4.78 is 0. The number of hydrogen-bond acceptors (Lipinski definition) is 4.